The monoisotopic (exact) mass is 441 g/mol. The summed E-state index contributed by atoms with van der Waals surface area (Å²) >= 11 is 0. The van der Waals surface area contributed by atoms with Crippen molar-refractivity contribution in [1.82, 2.24) is 9.97 Å². The number of nitrogens with one attached hydrogen (secondary N) is 1. The summed E-state index contributed by atoms with van der Waals surface area (Å²) in [6.45, 7) is 0.655. The highest BCUT2D eigenvalue weighted by Gasteiger charge is 2.10. The van der Waals surface area contributed by atoms with Gasteiger partial charge in [0.1, 0.15) is 12.4 Å². The van der Waals surface area contributed by atoms with E-state index in [1.807, 2.05) is 12.1 Å². The van der Waals surface area contributed by atoms with Gasteiger partial charge in [-0.05, 0) is 60.5 Å². The van der Waals surface area contributed by atoms with E-state index in [-0.39, 0.29) is 17.2 Å². The van der Waals surface area contributed by atoms with Crippen LogP contribution in [0.25, 0.3) is 0 Å². The van der Waals surface area contributed by atoms with Crippen molar-refractivity contribution in [2.24, 2.45) is 0 Å². The maximum Gasteiger partial charge on any atom is 0.225 e. The minimum absolute atomic E-state index is 0.205. The van der Waals surface area contributed by atoms with Crippen molar-refractivity contribution in [3.63, 3.8) is 0 Å². The molecule has 0 spiro atoms. The van der Waals surface area contributed by atoms with Crippen molar-refractivity contribution >= 4 is 21.6 Å². The van der Waals surface area contributed by atoms with Gasteiger partial charge in [0.25, 0.3) is 0 Å². The molecule has 1 N–H and O–H groups in total. The number of sulfone groups is 1. The van der Waals surface area contributed by atoms with Crippen molar-refractivity contribution in [2.75, 3.05) is 18.2 Å². The molecule has 0 aliphatic rings. The lowest BCUT2D eigenvalue weighted by Crippen LogP contribution is -2.14. The first-order valence-corrected chi connectivity index (χ1v) is 11.5. The van der Waals surface area contributed by atoms with Crippen LogP contribution >= 0.6 is 0 Å². The molecule has 8 nitrogen and oxygen atoms in total. The van der Waals surface area contributed by atoms with Crippen LogP contribution in [0, 0.1) is 0 Å². The Hall–Kier alpha value is -3.46. The van der Waals surface area contributed by atoms with Gasteiger partial charge in [-0.15, -0.1) is 0 Å². The molecule has 3 rings (SSSR count). The zero-order valence-corrected chi connectivity index (χ0v) is 17.8. The molecule has 2 aromatic heterocycles. The zero-order chi connectivity index (χ0) is 22.1. The van der Waals surface area contributed by atoms with Crippen LogP contribution in [0.1, 0.15) is 18.4 Å². The molecule has 1 aromatic carbocycles. The van der Waals surface area contributed by atoms with E-state index in [1.54, 1.807) is 42.9 Å². The Morgan fingerprint density at radius 1 is 1.00 bits per heavy atom. The molecular formula is C22H23N3O5S. The Bertz CT molecular complexity index is 1100. The van der Waals surface area contributed by atoms with E-state index in [4.69, 9.17) is 9.47 Å². The summed E-state index contributed by atoms with van der Waals surface area (Å²) in [5.74, 6) is 1.18. The number of carbonyl (C=O) groups is 1. The maximum atomic E-state index is 12.3. The van der Waals surface area contributed by atoms with Crippen LogP contribution < -0.4 is 14.8 Å². The molecular weight excluding hydrogens is 418 g/mol. The van der Waals surface area contributed by atoms with Crippen LogP contribution in [0.2, 0.25) is 0 Å². The second-order valence-corrected chi connectivity index (χ2v) is 8.75. The Kier molecular flexibility index (Phi) is 7.55. The Morgan fingerprint density at radius 2 is 1.74 bits per heavy atom. The van der Waals surface area contributed by atoms with E-state index >= 15 is 0 Å². The fraction of sp³-hybridized carbons (Fsp3) is 0.227. The smallest absolute Gasteiger partial charge is 0.225 e. The number of aromatic nitrogens is 2. The third-order valence-corrected chi connectivity index (χ3v) is 5.37. The number of ether oxygens (including phenoxy) is 2. The van der Waals surface area contributed by atoms with Gasteiger partial charge in [0.05, 0.1) is 11.5 Å². The highest BCUT2D eigenvalue weighted by molar-refractivity contribution is 7.90. The molecule has 0 aliphatic carbocycles. The van der Waals surface area contributed by atoms with Crippen LogP contribution in [-0.4, -0.2) is 37.2 Å². The summed E-state index contributed by atoms with van der Waals surface area (Å²) in [5, 5.41) is 2.76. The summed E-state index contributed by atoms with van der Waals surface area (Å²) in [6, 6.07) is 13.4. The zero-order valence-electron chi connectivity index (χ0n) is 17.0. The topological polar surface area (TPSA) is 107 Å². The number of benzene rings is 1. The van der Waals surface area contributed by atoms with Crippen molar-refractivity contribution in [1.29, 1.82) is 0 Å². The molecule has 0 bridgehead atoms. The summed E-state index contributed by atoms with van der Waals surface area (Å²) in [6.07, 6.45) is 6.83. The van der Waals surface area contributed by atoms with Gasteiger partial charge < -0.3 is 14.8 Å². The molecule has 162 valence electrons. The molecule has 0 saturated carbocycles. The Morgan fingerprint density at radius 3 is 2.45 bits per heavy atom. The lowest BCUT2D eigenvalue weighted by molar-refractivity contribution is -0.116. The van der Waals surface area contributed by atoms with Gasteiger partial charge in [-0.1, -0.05) is 0 Å². The Labute approximate surface area is 181 Å². The Balaban J connectivity index is 1.44. The normalized spacial score (nSPS) is 11.0. The van der Waals surface area contributed by atoms with Gasteiger partial charge in [0.2, 0.25) is 5.91 Å². The molecule has 31 heavy (non-hydrogen) atoms. The van der Waals surface area contributed by atoms with Crippen LogP contribution in [0.3, 0.4) is 0 Å². The van der Waals surface area contributed by atoms with Crippen molar-refractivity contribution < 1.29 is 22.7 Å². The number of amides is 1. The van der Waals surface area contributed by atoms with Gasteiger partial charge in [0, 0.05) is 31.3 Å². The SMILES string of the molecule is CS(=O)(=O)c1ccc(OCCCC(=O)Nc2ncccc2OCc2ccncc2)cc1. The molecule has 0 fully saturated rings. The van der Waals surface area contributed by atoms with Crippen LogP contribution in [0.4, 0.5) is 5.82 Å². The largest absolute Gasteiger partial charge is 0.494 e. The number of hydrogen-bond donors (Lipinski definition) is 1. The highest BCUT2D eigenvalue weighted by Crippen LogP contribution is 2.22. The van der Waals surface area contributed by atoms with E-state index in [1.165, 1.54) is 12.1 Å². The number of rotatable bonds is 10. The molecule has 2 heterocycles. The lowest BCUT2D eigenvalue weighted by Gasteiger charge is -2.11. The van der Waals surface area contributed by atoms with Gasteiger partial charge in [0.15, 0.2) is 21.4 Å². The highest BCUT2D eigenvalue weighted by atomic mass is 32.2. The fourth-order valence-electron chi connectivity index (χ4n) is 2.64. The van der Waals surface area contributed by atoms with Crippen molar-refractivity contribution in [2.45, 2.75) is 24.3 Å². The second kappa shape index (κ2) is 10.5. The van der Waals surface area contributed by atoms with E-state index in [2.05, 4.69) is 15.3 Å². The minimum Gasteiger partial charge on any atom is -0.494 e. The first-order valence-electron chi connectivity index (χ1n) is 9.61. The third-order valence-electron chi connectivity index (χ3n) is 4.24. The minimum atomic E-state index is -3.24. The number of nitrogens with zero attached hydrogens (tertiary/aromatic N) is 2. The molecule has 0 unspecified atom stereocenters. The van der Waals surface area contributed by atoms with E-state index in [9.17, 15) is 13.2 Å². The molecule has 0 aliphatic heterocycles. The molecule has 0 atom stereocenters. The third kappa shape index (κ3) is 7.07. The van der Waals surface area contributed by atoms with E-state index in [0.717, 1.165) is 11.8 Å². The molecule has 3 aromatic rings. The van der Waals surface area contributed by atoms with Gasteiger partial charge in [-0.2, -0.15) is 0 Å². The second-order valence-electron chi connectivity index (χ2n) is 6.74. The average molecular weight is 442 g/mol. The van der Waals surface area contributed by atoms with Crippen LogP contribution in [-0.2, 0) is 21.2 Å². The summed E-state index contributed by atoms with van der Waals surface area (Å²) < 4.78 is 34.3. The molecule has 0 saturated heterocycles. The molecule has 9 heteroatoms. The average Bonchev–Trinajstić information content (AvgIpc) is 2.76. The van der Waals surface area contributed by atoms with Gasteiger partial charge >= 0.3 is 0 Å². The summed E-state index contributed by atoms with van der Waals surface area (Å²) in [4.78, 5) is 20.7. The number of anilines is 1. The molecule has 0 radical (unpaired) electrons. The standard InChI is InChI=1S/C22H23N3O5S/c1-31(27,28)19-8-6-18(7-9-19)29-15-3-5-21(26)25-22-20(4-2-12-24-22)30-16-17-10-13-23-14-11-17/h2,4,6-14H,3,5,15-16H2,1H3,(H,24,25,26). The first-order chi connectivity index (χ1) is 14.9. The van der Waals surface area contributed by atoms with Gasteiger partial charge in [-0.25, -0.2) is 13.4 Å². The number of hydrogen-bond acceptors (Lipinski definition) is 7. The maximum absolute atomic E-state index is 12.3. The number of carbonyl (C=O) groups excluding carboxylic acids is 1. The van der Waals surface area contributed by atoms with Crippen LogP contribution in [0.15, 0.2) is 72.0 Å². The van der Waals surface area contributed by atoms with Crippen molar-refractivity contribution in [3.05, 3.63) is 72.7 Å². The summed E-state index contributed by atoms with van der Waals surface area (Å²) in [5.41, 5.74) is 0.956. The van der Waals surface area contributed by atoms with Crippen molar-refractivity contribution in [3.8, 4) is 11.5 Å². The van der Waals surface area contributed by atoms with E-state index in [0.29, 0.717) is 37.0 Å². The summed E-state index contributed by atoms with van der Waals surface area (Å²) in [7, 11) is -3.24. The number of pyridine rings is 2. The van der Waals surface area contributed by atoms with Crippen LogP contribution in [0.5, 0.6) is 11.5 Å². The van der Waals surface area contributed by atoms with E-state index < -0.39 is 9.84 Å². The predicted molar refractivity (Wildman–Crippen MR) is 116 cm³/mol. The predicted octanol–water partition coefficient (Wildman–Crippen LogP) is 3.26. The fourth-order valence-corrected chi connectivity index (χ4v) is 3.27. The first kappa shape index (κ1) is 22.2. The molecule has 1 amide bonds. The quantitative estimate of drug-likeness (QED) is 0.481. The van der Waals surface area contributed by atoms with Gasteiger partial charge in [-0.3, -0.25) is 9.78 Å². The lowest BCUT2D eigenvalue weighted by atomic mass is 10.3.